The summed E-state index contributed by atoms with van der Waals surface area (Å²) in [5.41, 5.74) is 1.97. The largest absolute Gasteiger partial charge is 0.394 e. The third-order valence-corrected chi connectivity index (χ3v) is 3.36. The molecule has 0 bridgehead atoms. The fourth-order valence-corrected chi connectivity index (χ4v) is 2.27. The van der Waals surface area contributed by atoms with Crippen LogP contribution in [0.5, 0.6) is 0 Å². The van der Waals surface area contributed by atoms with Crippen LogP contribution in [0, 0.1) is 0 Å². The van der Waals surface area contributed by atoms with Gasteiger partial charge in [-0.1, -0.05) is 30.3 Å². The van der Waals surface area contributed by atoms with Crippen LogP contribution in [0.4, 0.5) is 5.95 Å². The summed E-state index contributed by atoms with van der Waals surface area (Å²) in [6, 6.07) is 10.00. The predicted molar refractivity (Wildman–Crippen MR) is 87.2 cm³/mol. The number of aliphatic hydroxyl groups excluding tert-OH is 1. The molecule has 3 aromatic rings. The van der Waals surface area contributed by atoms with Gasteiger partial charge in [0.25, 0.3) is 0 Å². The molecule has 0 aliphatic carbocycles. The zero-order valence-corrected chi connectivity index (χ0v) is 13.0. The summed E-state index contributed by atoms with van der Waals surface area (Å²) in [6.07, 6.45) is 5.19. The molecule has 0 radical (unpaired) electrons. The average molecular weight is 326 g/mol. The van der Waals surface area contributed by atoms with Crippen LogP contribution in [0.3, 0.4) is 0 Å². The lowest BCUT2D eigenvalue weighted by Crippen LogP contribution is -2.15. The first-order valence-corrected chi connectivity index (χ1v) is 7.58. The van der Waals surface area contributed by atoms with E-state index in [1.165, 1.54) is 11.0 Å². The van der Waals surface area contributed by atoms with Crippen LogP contribution in [0.15, 0.2) is 49.1 Å². The van der Waals surface area contributed by atoms with Crippen molar-refractivity contribution in [2.75, 3.05) is 11.9 Å². The molecule has 0 spiro atoms. The Hall–Kier alpha value is -3.00. The van der Waals surface area contributed by atoms with E-state index in [-0.39, 0.29) is 24.9 Å². The zero-order chi connectivity index (χ0) is 16.8. The Labute approximate surface area is 138 Å². The van der Waals surface area contributed by atoms with Crippen molar-refractivity contribution in [2.45, 2.75) is 19.5 Å². The summed E-state index contributed by atoms with van der Waals surface area (Å²) in [5, 5.41) is 19.8. The van der Waals surface area contributed by atoms with E-state index < -0.39 is 0 Å². The van der Waals surface area contributed by atoms with Crippen molar-refractivity contribution >= 4 is 11.9 Å². The number of rotatable bonds is 7. The Bertz CT molecular complexity index is 796. The van der Waals surface area contributed by atoms with Crippen LogP contribution >= 0.6 is 0 Å². The number of hydrogen-bond acceptors (Lipinski definition) is 5. The van der Waals surface area contributed by atoms with Gasteiger partial charge in [0.1, 0.15) is 6.33 Å². The molecule has 124 valence electrons. The van der Waals surface area contributed by atoms with Gasteiger partial charge in [0.2, 0.25) is 11.9 Å². The normalized spacial score (nSPS) is 10.7. The molecule has 1 amide bonds. The minimum Gasteiger partial charge on any atom is -0.394 e. The molecule has 3 rings (SSSR count). The van der Waals surface area contributed by atoms with E-state index >= 15 is 0 Å². The van der Waals surface area contributed by atoms with Crippen molar-refractivity contribution in [3.63, 3.8) is 0 Å². The van der Waals surface area contributed by atoms with Crippen LogP contribution in [0.1, 0.15) is 11.1 Å². The highest BCUT2D eigenvalue weighted by Crippen LogP contribution is 2.06. The number of amides is 1. The molecule has 0 atom stereocenters. The van der Waals surface area contributed by atoms with Gasteiger partial charge in [0.05, 0.1) is 32.3 Å². The van der Waals surface area contributed by atoms with Crippen LogP contribution in [0.25, 0.3) is 0 Å². The van der Waals surface area contributed by atoms with E-state index in [1.54, 1.807) is 10.9 Å². The second-order valence-corrected chi connectivity index (χ2v) is 5.31. The molecule has 1 aromatic carbocycles. The molecule has 2 heterocycles. The average Bonchev–Trinajstić information content (AvgIpc) is 3.18. The summed E-state index contributed by atoms with van der Waals surface area (Å²) >= 11 is 0. The van der Waals surface area contributed by atoms with Crippen molar-refractivity contribution in [3.8, 4) is 0 Å². The van der Waals surface area contributed by atoms with Gasteiger partial charge < -0.3 is 5.11 Å². The summed E-state index contributed by atoms with van der Waals surface area (Å²) in [5.74, 6) is 0.0149. The third kappa shape index (κ3) is 4.26. The van der Waals surface area contributed by atoms with Gasteiger partial charge >= 0.3 is 0 Å². The summed E-state index contributed by atoms with van der Waals surface area (Å²) in [4.78, 5) is 16.0. The molecule has 24 heavy (non-hydrogen) atoms. The lowest BCUT2D eigenvalue weighted by Gasteiger charge is -2.01. The molecule has 0 aliphatic heterocycles. The van der Waals surface area contributed by atoms with E-state index in [4.69, 9.17) is 5.11 Å². The van der Waals surface area contributed by atoms with Gasteiger partial charge in [-0.15, -0.1) is 5.10 Å². The molecule has 2 N–H and O–H groups in total. The fraction of sp³-hybridized carbons (Fsp3) is 0.250. The Balaban J connectivity index is 1.54. The maximum absolute atomic E-state index is 12.0. The number of carbonyl (C=O) groups excluding carboxylic acids is 1. The Morgan fingerprint density at radius 2 is 2.00 bits per heavy atom. The highest BCUT2D eigenvalue weighted by Gasteiger charge is 2.09. The minimum atomic E-state index is -0.212. The fourth-order valence-electron chi connectivity index (χ4n) is 2.27. The number of nitrogens with zero attached hydrogens (tertiary/aromatic N) is 5. The second kappa shape index (κ2) is 7.51. The van der Waals surface area contributed by atoms with Crippen molar-refractivity contribution in [3.05, 3.63) is 60.2 Å². The molecule has 8 heteroatoms. The lowest BCUT2D eigenvalue weighted by molar-refractivity contribution is -0.115. The number of benzene rings is 1. The molecular weight excluding hydrogens is 308 g/mol. The van der Waals surface area contributed by atoms with E-state index in [0.29, 0.717) is 13.1 Å². The summed E-state index contributed by atoms with van der Waals surface area (Å²) < 4.78 is 3.26. The van der Waals surface area contributed by atoms with E-state index in [0.717, 1.165) is 11.1 Å². The third-order valence-electron chi connectivity index (χ3n) is 3.36. The van der Waals surface area contributed by atoms with Crippen molar-refractivity contribution in [2.24, 2.45) is 0 Å². The van der Waals surface area contributed by atoms with Gasteiger partial charge in [-0.25, -0.2) is 9.67 Å². The first-order valence-electron chi connectivity index (χ1n) is 7.58. The minimum absolute atomic E-state index is 0.0304. The summed E-state index contributed by atoms with van der Waals surface area (Å²) in [6.45, 7) is 0.974. The first-order chi connectivity index (χ1) is 11.7. The second-order valence-electron chi connectivity index (χ2n) is 5.31. The van der Waals surface area contributed by atoms with Gasteiger partial charge in [-0.2, -0.15) is 5.10 Å². The lowest BCUT2D eigenvalue weighted by atomic mass is 10.2. The SMILES string of the molecule is O=C(Cc1cnn(Cc2ccccc2)c1)Nc1ncn(CCO)n1. The highest BCUT2D eigenvalue weighted by molar-refractivity contribution is 5.90. The number of carbonyl (C=O) groups is 1. The number of aromatic nitrogens is 5. The predicted octanol–water partition coefficient (Wildman–Crippen LogP) is 0.696. The molecule has 0 saturated carbocycles. The number of hydrogen-bond donors (Lipinski definition) is 2. The van der Waals surface area contributed by atoms with Gasteiger partial charge in [-0.05, 0) is 11.1 Å². The standard InChI is InChI=1S/C16H18N6O2/c23-7-6-21-12-17-16(20-21)19-15(24)8-14-9-18-22(11-14)10-13-4-2-1-3-5-13/h1-5,9,11-12,23H,6-8,10H2,(H,19,20,24). The topological polar surface area (TPSA) is 97.9 Å². The van der Waals surface area contributed by atoms with E-state index in [9.17, 15) is 4.79 Å². The van der Waals surface area contributed by atoms with Gasteiger partial charge in [0.15, 0.2) is 0 Å². The smallest absolute Gasteiger partial charge is 0.248 e. The number of aliphatic hydroxyl groups is 1. The van der Waals surface area contributed by atoms with Crippen molar-refractivity contribution in [1.82, 2.24) is 24.5 Å². The van der Waals surface area contributed by atoms with E-state index in [1.807, 2.05) is 36.5 Å². The monoisotopic (exact) mass is 326 g/mol. The van der Waals surface area contributed by atoms with Crippen LogP contribution < -0.4 is 5.32 Å². The molecule has 2 aromatic heterocycles. The molecule has 0 saturated heterocycles. The Kier molecular flexibility index (Phi) is 4.97. The first kappa shape index (κ1) is 15.9. The van der Waals surface area contributed by atoms with Crippen LogP contribution in [0.2, 0.25) is 0 Å². The summed E-state index contributed by atoms with van der Waals surface area (Å²) in [7, 11) is 0. The molecule has 0 unspecified atom stereocenters. The van der Waals surface area contributed by atoms with Crippen molar-refractivity contribution in [1.29, 1.82) is 0 Å². The number of nitrogens with one attached hydrogen (secondary N) is 1. The van der Waals surface area contributed by atoms with Crippen LogP contribution in [-0.2, 0) is 24.3 Å². The zero-order valence-electron chi connectivity index (χ0n) is 13.0. The van der Waals surface area contributed by atoms with Gasteiger partial charge in [-0.3, -0.25) is 14.8 Å². The van der Waals surface area contributed by atoms with E-state index in [2.05, 4.69) is 20.5 Å². The highest BCUT2D eigenvalue weighted by atomic mass is 16.3. The molecule has 0 aliphatic rings. The quantitative estimate of drug-likeness (QED) is 0.666. The van der Waals surface area contributed by atoms with Crippen molar-refractivity contribution < 1.29 is 9.90 Å². The Morgan fingerprint density at radius 1 is 1.17 bits per heavy atom. The maximum Gasteiger partial charge on any atom is 0.248 e. The number of anilines is 1. The van der Waals surface area contributed by atoms with Crippen LogP contribution in [-0.4, -0.2) is 42.2 Å². The molecule has 8 nitrogen and oxygen atoms in total. The van der Waals surface area contributed by atoms with Gasteiger partial charge in [0, 0.05) is 6.20 Å². The molecular formula is C16H18N6O2. The Morgan fingerprint density at radius 3 is 2.79 bits per heavy atom. The molecule has 0 fully saturated rings. The maximum atomic E-state index is 12.0.